The number of carboxylic acids is 2. The Labute approximate surface area is 175 Å². The first kappa shape index (κ1) is 23.6. The van der Waals surface area contributed by atoms with Gasteiger partial charge in [-0.25, -0.2) is 14.4 Å². The van der Waals surface area contributed by atoms with Crippen LogP contribution in [0.5, 0.6) is 0 Å². The predicted octanol–water partition coefficient (Wildman–Crippen LogP) is 2.65. The van der Waals surface area contributed by atoms with Crippen LogP contribution in [0.3, 0.4) is 0 Å². The highest BCUT2D eigenvalue weighted by molar-refractivity contribution is 5.90. The average molecular weight is 419 g/mol. The van der Waals surface area contributed by atoms with Crippen LogP contribution in [0, 0.1) is 11.8 Å². The molecule has 8 heteroatoms. The van der Waals surface area contributed by atoms with Gasteiger partial charge in [0.2, 0.25) is 0 Å². The van der Waals surface area contributed by atoms with Gasteiger partial charge in [0.15, 0.2) is 0 Å². The van der Waals surface area contributed by atoms with Crippen LogP contribution in [0.15, 0.2) is 36.4 Å². The summed E-state index contributed by atoms with van der Waals surface area (Å²) in [7, 11) is 1.41. The third-order valence-corrected chi connectivity index (χ3v) is 5.48. The Morgan fingerprint density at radius 2 is 1.60 bits per heavy atom. The van der Waals surface area contributed by atoms with Crippen LogP contribution in [0.25, 0.3) is 0 Å². The highest BCUT2D eigenvalue weighted by atomic mass is 16.5. The van der Waals surface area contributed by atoms with Gasteiger partial charge in [0.25, 0.3) is 0 Å². The maximum absolute atomic E-state index is 11.5. The molecular formula is C22H29NO7. The number of carboxylic acid groups (broad SMARTS) is 2. The third kappa shape index (κ3) is 7.61. The monoisotopic (exact) mass is 419 g/mol. The molecular weight excluding hydrogens is 390 g/mol. The Hall–Kier alpha value is -2.71. The van der Waals surface area contributed by atoms with Gasteiger partial charge >= 0.3 is 17.9 Å². The molecule has 8 nitrogen and oxygen atoms in total. The lowest BCUT2D eigenvalue weighted by Crippen LogP contribution is -2.36. The van der Waals surface area contributed by atoms with Crippen LogP contribution < -0.4 is 5.32 Å². The van der Waals surface area contributed by atoms with E-state index in [-0.39, 0.29) is 5.97 Å². The van der Waals surface area contributed by atoms with Crippen molar-refractivity contribution in [3.05, 3.63) is 47.5 Å². The molecule has 0 radical (unpaired) electrons. The number of nitrogens with one attached hydrogen (secondary N) is 1. The number of benzene rings is 1. The van der Waals surface area contributed by atoms with E-state index in [0.717, 1.165) is 31.6 Å². The van der Waals surface area contributed by atoms with Crippen molar-refractivity contribution >= 4 is 17.9 Å². The lowest BCUT2D eigenvalue weighted by Gasteiger charge is -2.37. The number of hydrogen-bond donors (Lipinski definition) is 3. The average Bonchev–Trinajstić information content (AvgIpc) is 2.78. The lowest BCUT2D eigenvalue weighted by molar-refractivity contribution is -0.134. The van der Waals surface area contributed by atoms with E-state index in [4.69, 9.17) is 19.7 Å². The van der Waals surface area contributed by atoms with Crippen LogP contribution in [-0.4, -0.2) is 55.0 Å². The first-order valence-electron chi connectivity index (χ1n) is 10.0. The first-order valence-corrected chi connectivity index (χ1v) is 10.0. The van der Waals surface area contributed by atoms with Crippen molar-refractivity contribution in [2.24, 2.45) is 11.8 Å². The number of ether oxygens (including phenoxy) is 2. The molecule has 0 amide bonds. The Kier molecular flexibility index (Phi) is 9.50. The minimum Gasteiger partial charge on any atom is -0.478 e. The topological polar surface area (TPSA) is 122 Å². The first-order chi connectivity index (χ1) is 14.4. The molecule has 2 heterocycles. The van der Waals surface area contributed by atoms with Crippen molar-refractivity contribution in [3.63, 3.8) is 0 Å². The van der Waals surface area contributed by atoms with E-state index in [2.05, 4.69) is 17.4 Å². The number of carbonyl (C=O) groups is 3. The molecule has 30 heavy (non-hydrogen) atoms. The smallest absolute Gasteiger partial charge is 0.337 e. The standard InChI is InChI=1S/C18H25NO3.C4H4O4/c1-21-18(20)15-4-2-14(3-5-15)17-12-16(6-9-19-17)13-7-10-22-11-8-13;5-3(6)1-2-4(7)8/h2-5,13,16-17,19H,6-12H2,1H3;1-2H,(H,5,6)(H,7,8)/b;2-1-/t16?,17-;/m0./s1. The molecule has 1 aromatic carbocycles. The molecule has 1 unspecified atom stereocenters. The summed E-state index contributed by atoms with van der Waals surface area (Å²) < 4.78 is 10.2. The zero-order valence-electron chi connectivity index (χ0n) is 17.1. The zero-order chi connectivity index (χ0) is 21.9. The molecule has 2 aliphatic heterocycles. The number of methoxy groups -OCH3 is 1. The number of aliphatic carboxylic acids is 2. The molecule has 0 saturated carbocycles. The van der Waals surface area contributed by atoms with Gasteiger partial charge in [0.1, 0.15) is 0 Å². The molecule has 3 N–H and O–H groups in total. The fourth-order valence-electron chi connectivity index (χ4n) is 3.93. The predicted molar refractivity (Wildman–Crippen MR) is 109 cm³/mol. The summed E-state index contributed by atoms with van der Waals surface area (Å²) in [6.45, 7) is 2.92. The van der Waals surface area contributed by atoms with Gasteiger partial charge in [-0.2, -0.15) is 0 Å². The molecule has 3 rings (SSSR count). The van der Waals surface area contributed by atoms with Crippen LogP contribution in [-0.2, 0) is 19.1 Å². The summed E-state index contributed by atoms with van der Waals surface area (Å²) in [4.78, 5) is 30.6. The van der Waals surface area contributed by atoms with Crippen molar-refractivity contribution in [3.8, 4) is 0 Å². The molecule has 2 aliphatic rings. The zero-order valence-corrected chi connectivity index (χ0v) is 17.1. The van der Waals surface area contributed by atoms with Gasteiger partial charge in [-0.15, -0.1) is 0 Å². The molecule has 2 saturated heterocycles. The van der Waals surface area contributed by atoms with Gasteiger partial charge in [0.05, 0.1) is 12.7 Å². The summed E-state index contributed by atoms with van der Waals surface area (Å²) in [5, 5.41) is 19.2. The molecule has 2 fully saturated rings. The fraction of sp³-hybridized carbons (Fsp3) is 0.500. The fourth-order valence-corrected chi connectivity index (χ4v) is 3.93. The summed E-state index contributed by atoms with van der Waals surface area (Å²) in [6.07, 6.45) is 5.98. The Bertz CT molecular complexity index is 722. The third-order valence-electron chi connectivity index (χ3n) is 5.48. The van der Waals surface area contributed by atoms with Gasteiger partial charge in [-0.3, -0.25) is 0 Å². The van der Waals surface area contributed by atoms with Crippen molar-refractivity contribution in [1.29, 1.82) is 0 Å². The number of esters is 1. The highest BCUT2D eigenvalue weighted by Crippen LogP contribution is 2.36. The van der Waals surface area contributed by atoms with Gasteiger partial charge in [0, 0.05) is 31.4 Å². The Balaban J connectivity index is 0.000000343. The van der Waals surface area contributed by atoms with E-state index < -0.39 is 11.9 Å². The van der Waals surface area contributed by atoms with E-state index in [0.29, 0.717) is 23.8 Å². The Morgan fingerprint density at radius 1 is 1.00 bits per heavy atom. The number of hydrogen-bond acceptors (Lipinski definition) is 6. The molecule has 1 aromatic rings. The Morgan fingerprint density at radius 3 is 2.13 bits per heavy atom. The molecule has 164 valence electrons. The molecule has 0 aromatic heterocycles. The summed E-state index contributed by atoms with van der Waals surface area (Å²) in [5.74, 6) is -1.19. The highest BCUT2D eigenvalue weighted by Gasteiger charge is 2.30. The molecule has 2 atom stereocenters. The van der Waals surface area contributed by atoms with E-state index in [1.54, 1.807) is 0 Å². The summed E-state index contributed by atoms with van der Waals surface area (Å²) in [6, 6.07) is 8.22. The van der Waals surface area contributed by atoms with Crippen molar-refractivity contribution < 1.29 is 34.1 Å². The summed E-state index contributed by atoms with van der Waals surface area (Å²) >= 11 is 0. The SMILES string of the molecule is COC(=O)c1ccc([C@@H]2CC(C3CCOCC3)CCN2)cc1.O=C(O)/C=C\C(=O)O. The maximum Gasteiger partial charge on any atom is 0.337 e. The van der Waals surface area contributed by atoms with Gasteiger partial charge in [-0.05, 0) is 61.8 Å². The number of piperidine rings is 1. The number of rotatable bonds is 5. The van der Waals surface area contributed by atoms with Crippen LogP contribution >= 0.6 is 0 Å². The van der Waals surface area contributed by atoms with Crippen LogP contribution in [0.2, 0.25) is 0 Å². The minimum absolute atomic E-state index is 0.275. The number of carbonyl (C=O) groups excluding carboxylic acids is 1. The van der Waals surface area contributed by atoms with Crippen LogP contribution in [0.4, 0.5) is 0 Å². The minimum atomic E-state index is -1.26. The maximum atomic E-state index is 11.5. The summed E-state index contributed by atoms with van der Waals surface area (Å²) in [5.41, 5.74) is 1.88. The second kappa shape index (κ2) is 12.1. The molecule has 0 spiro atoms. The van der Waals surface area contributed by atoms with Crippen molar-refractivity contribution in [1.82, 2.24) is 5.32 Å². The second-order valence-electron chi connectivity index (χ2n) is 7.36. The lowest BCUT2D eigenvalue weighted by atomic mass is 9.77. The van der Waals surface area contributed by atoms with E-state index in [1.165, 1.54) is 38.4 Å². The molecule has 0 bridgehead atoms. The van der Waals surface area contributed by atoms with E-state index >= 15 is 0 Å². The van der Waals surface area contributed by atoms with Gasteiger partial charge < -0.3 is 25.0 Å². The largest absolute Gasteiger partial charge is 0.478 e. The van der Waals surface area contributed by atoms with Crippen molar-refractivity contribution in [2.75, 3.05) is 26.9 Å². The van der Waals surface area contributed by atoms with E-state index in [9.17, 15) is 14.4 Å². The normalized spacial score (nSPS) is 22.0. The van der Waals surface area contributed by atoms with Crippen molar-refractivity contribution in [2.45, 2.75) is 31.7 Å². The van der Waals surface area contributed by atoms with Crippen LogP contribution in [0.1, 0.15) is 47.6 Å². The molecule has 0 aliphatic carbocycles. The van der Waals surface area contributed by atoms with E-state index in [1.807, 2.05) is 12.1 Å². The van der Waals surface area contributed by atoms with Gasteiger partial charge in [-0.1, -0.05) is 12.1 Å². The second-order valence-corrected chi connectivity index (χ2v) is 7.36. The quantitative estimate of drug-likeness (QED) is 0.492.